The van der Waals surface area contributed by atoms with Crippen LogP contribution in [0.25, 0.3) is 0 Å². The second-order valence-corrected chi connectivity index (χ2v) is 4.30. The van der Waals surface area contributed by atoms with E-state index < -0.39 is 5.56 Å². The monoisotopic (exact) mass is 265 g/mol. The first-order chi connectivity index (χ1) is 8.49. The zero-order valence-corrected chi connectivity index (χ0v) is 10.7. The molecule has 0 fully saturated rings. The molecule has 0 saturated heterocycles. The van der Waals surface area contributed by atoms with Crippen LogP contribution in [0.2, 0.25) is 5.02 Å². The van der Waals surface area contributed by atoms with E-state index >= 15 is 0 Å². The maximum absolute atomic E-state index is 11.3. The van der Waals surface area contributed by atoms with Gasteiger partial charge in [-0.2, -0.15) is 0 Å². The molecule has 0 atom stereocenters. The SMILES string of the molecule is Cc1cc(Oc2nc[nH]c(=O)c2N)cc(C)c1Cl. The van der Waals surface area contributed by atoms with Crippen LogP contribution in [0, 0.1) is 13.8 Å². The molecule has 0 unspecified atom stereocenters. The van der Waals surface area contributed by atoms with E-state index in [0.717, 1.165) is 11.1 Å². The Labute approximate surface area is 109 Å². The van der Waals surface area contributed by atoms with Gasteiger partial charge in [-0.25, -0.2) is 4.98 Å². The number of ether oxygens (including phenoxy) is 1. The van der Waals surface area contributed by atoms with E-state index in [2.05, 4.69) is 9.97 Å². The number of aromatic amines is 1. The number of rotatable bonds is 2. The summed E-state index contributed by atoms with van der Waals surface area (Å²) >= 11 is 6.06. The molecule has 0 spiro atoms. The van der Waals surface area contributed by atoms with Crippen molar-refractivity contribution in [2.75, 3.05) is 5.73 Å². The number of halogens is 1. The quantitative estimate of drug-likeness (QED) is 0.874. The van der Waals surface area contributed by atoms with Gasteiger partial charge < -0.3 is 15.5 Å². The first-order valence-electron chi connectivity index (χ1n) is 5.27. The van der Waals surface area contributed by atoms with Crippen molar-refractivity contribution in [2.45, 2.75) is 13.8 Å². The topological polar surface area (TPSA) is 81.0 Å². The van der Waals surface area contributed by atoms with Gasteiger partial charge in [0.15, 0.2) is 5.69 Å². The Hall–Kier alpha value is -2.01. The third kappa shape index (κ3) is 2.31. The van der Waals surface area contributed by atoms with Gasteiger partial charge in [0.05, 0.1) is 6.33 Å². The summed E-state index contributed by atoms with van der Waals surface area (Å²) in [5.74, 6) is 0.624. The zero-order valence-electron chi connectivity index (χ0n) is 9.95. The molecule has 1 aromatic heterocycles. The standard InChI is InChI=1S/C12H12ClN3O2/c1-6-3-8(4-7(2)9(6)13)18-12-10(14)11(17)15-5-16-12/h3-5H,14H2,1-2H3,(H,15,16,17). The molecule has 0 radical (unpaired) electrons. The number of benzene rings is 1. The second kappa shape index (κ2) is 4.70. The average molecular weight is 266 g/mol. The van der Waals surface area contributed by atoms with E-state index in [-0.39, 0.29) is 11.6 Å². The van der Waals surface area contributed by atoms with Gasteiger partial charge in [-0.05, 0) is 37.1 Å². The minimum atomic E-state index is -0.428. The molecule has 3 N–H and O–H groups in total. The van der Waals surface area contributed by atoms with Crippen LogP contribution >= 0.6 is 11.6 Å². The lowest BCUT2D eigenvalue weighted by atomic mass is 10.1. The lowest BCUT2D eigenvalue weighted by Gasteiger charge is -2.09. The molecular formula is C12H12ClN3O2. The van der Waals surface area contributed by atoms with Gasteiger partial charge >= 0.3 is 0 Å². The molecule has 0 aliphatic rings. The number of nitrogens with zero attached hydrogens (tertiary/aromatic N) is 1. The number of nitrogens with one attached hydrogen (secondary N) is 1. The summed E-state index contributed by atoms with van der Waals surface area (Å²) < 4.78 is 5.49. The lowest BCUT2D eigenvalue weighted by molar-refractivity contribution is 0.462. The molecule has 1 aromatic carbocycles. The van der Waals surface area contributed by atoms with Gasteiger partial charge in [0.1, 0.15) is 5.75 Å². The molecule has 18 heavy (non-hydrogen) atoms. The van der Waals surface area contributed by atoms with Crippen molar-refractivity contribution < 1.29 is 4.74 Å². The highest BCUT2D eigenvalue weighted by molar-refractivity contribution is 6.32. The van der Waals surface area contributed by atoms with Crippen molar-refractivity contribution in [2.24, 2.45) is 0 Å². The molecule has 0 bridgehead atoms. The predicted octanol–water partition coefficient (Wildman–Crippen LogP) is 2.41. The fraction of sp³-hybridized carbons (Fsp3) is 0.167. The molecule has 6 heteroatoms. The van der Waals surface area contributed by atoms with E-state index in [1.807, 2.05) is 13.8 Å². The summed E-state index contributed by atoms with van der Waals surface area (Å²) in [6, 6.07) is 3.52. The highest BCUT2D eigenvalue weighted by Gasteiger charge is 2.09. The third-order valence-electron chi connectivity index (χ3n) is 2.48. The van der Waals surface area contributed by atoms with Crippen molar-refractivity contribution in [3.8, 4) is 11.6 Å². The second-order valence-electron chi connectivity index (χ2n) is 3.92. The van der Waals surface area contributed by atoms with Crippen LogP contribution in [0.5, 0.6) is 11.6 Å². The number of aromatic nitrogens is 2. The van der Waals surface area contributed by atoms with Crippen molar-refractivity contribution in [3.05, 3.63) is 45.0 Å². The van der Waals surface area contributed by atoms with Crippen LogP contribution < -0.4 is 16.0 Å². The largest absolute Gasteiger partial charge is 0.437 e. The number of aryl methyl sites for hydroxylation is 2. The molecule has 2 rings (SSSR count). The number of hydrogen-bond acceptors (Lipinski definition) is 4. The first-order valence-corrected chi connectivity index (χ1v) is 5.64. The summed E-state index contributed by atoms with van der Waals surface area (Å²) in [6.07, 6.45) is 1.24. The van der Waals surface area contributed by atoms with Crippen molar-refractivity contribution >= 4 is 17.3 Å². The van der Waals surface area contributed by atoms with Gasteiger partial charge in [-0.15, -0.1) is 0 Å². The van der Waals surface area contributed by atoms with Crippen LogP contribution in [0.3, 0.4) is 0 Å². The van der Waals surface area contributed by atoms with Crippen molar-refractivity contribution in [1.82, 2.24) is 9.97 Å². The first kappa shape index (κ1) is 12.4. The molecule has 1 heterocycles. The molecular weight excluding hydrogens is 254 g/mol. The predicted molar refractivity (Wildman–Crippen MR) is 70.3 cm³/mol. The van der Waals surface area contributed by atoms with Gasteiger partial charge in [0, 0.05) is 5.02 Å². The fourth-order valence-corrected chi connectivity index (χ4v) is 1.66. The average Bonchev–Trinajstić information content (AvgIpc) is 2.32. The Morgan fingerprint density at radius 3 is 2.56 bits per heavy atom. The number of nitrogen functional groups attached to an aromatic ring is 1. The lowest BCUT2D eigenvalue weighted by Crippen LogP contribution is -2.13. The van der Waals surface area contributed by atoms with Crippen LogP contribution in [0.1, 0.15) is 11.1 Å². The van der Waals surface area contributed by atoms with Crippen molar-refractivity contribution in [1.29, 1.82) is 0 Å². The highest BCUT2D eigenvalue weighted by Crippen LogP contribution is 2.29. The highest BCUT2D eigenvalue weighted by atomic mass is 35.5. The minimum Gasteiger partial charge on any atom is -0.437 e. The van der Waals surface area contributed by atoms with Crippen LogP contribution in [0.15, 0.2) is 23.3 Å². The van der Waals surface area contributed by atoms with Crippen LogP contribution in [-0.4, -0.2) is 9.97 Å². The molecule has 0 aliphatic carbocycles. The van der Waals surface area contributed by atoms with E-state index in [1.165, 1.54) is 6.33 Å². The summed E-state index contributed by atoms with van der Waals surface area (Å²) in [7, 11) is 0. The molecule has 0 saturated carbocycles. The third-order valence-corrected chi connectivity index (χ3v) is 3.07. The van der Waals surface area contributed by atoms with Crippen molar-refractivity contribution in [3.63, 3.8) is 0 Å². The molecule has 5 nitrogen and oxygen atoms in total. The Morgan fingerprint density at radius 1 is 1.33 bits per heavy atom. The Morgan fingerprint density at radius 2 is 1.94 bits per heavy atom. The van der Waals surface area contributed by atoms with Gasteiger partial charge in [0.25, 0.3) is 5.56 Å². The van der Waals surface area contributed by atoms with E-state index in [0.29, 0.717) is 10.8 Å². The summed E-state index contributed by atoms with van der Waals surface area (Å²) in [6.45, 7) is 3.74. The molecule has 0 amide bonds. The fourth-order valence-electron chi connectivity index (χ4n) is 1.55. The smallest absolute Gasteiger partial charge is 0.277 e. The van der Waals surface area contributed by atoms with Gasteiger partial charge in [0.2, 0.25) is 5.88 Å². The molecule has 0 aliphatic heterocycles. The van der Waals surface area contributed by atoms with Crippen LogP contribution in [0.4, 0.5) is 5.69 Å². The number of hydrogen-bond donors (Lipinski definition) is 2. The molecule has 2 aromatic rings. The van der Waals surface area contributed by atoms with E-state index in [1.54, 1.807) is 12.1 Å². The van der Waals surface area contributed by atoms with E-state index in [9.17, 15) is 4.79 Å². The number of nitrogens with two attached hydrogens (primary N) is 1. The molecule has 94 valence electrons. The van der Waals surface area contributed by atoms with Gasteiger partial charge in [-0.1, -0.05) is 11.6 Å². The maximum Gasteiger partial charge on any atom is 0.277 e. The Kier molecular flexibility index (Phi) is 3.25. The number of anilines is 1. The minimum absolute atomic E-state index is 0.0530. The van der Waals surface area contributed by atoms with Crippen LogP contribution in [-0.2, 0) is 0 Å². The Bertz CT molecular complexity index is 629. The summed E-state index contributed by atoms with van der Waals surface area (Å²) in [5, 5.41) is 0.689. The summed E-state index contributed by atoms with van der Waals surface area (Å²) in [5.41, 5.74) is 6.87. The number of H-pyrrole nitrogens is 1. The Balaban J connectivity index is 2.40. The maximum atomic E-state index is 11.3. The van der Waals surface area contributed by atoms with E-state index in [4.69, 9.17) is 22.1 Å². The van der Waals surface area contributed by atoms with Gasteiger partial charge in [-0.3, -0.25) is 4.79 Å². The summed E-state index contributed by atoms with van der Waals surface area (Å²) in [4.78, 5) is 17.5. The normalized spacial score (nSPS) is 10.4. The zero-order chi connectivity index (χ0) is 13.3.